The van der Waals surface area contributed by atoms with E-state index in [0.29, 0.717) is 13.0 Å². The van der Waals surface area contributed by atoms with Gasteiger partial charge in [-0.3, -0.25) is 9.89 Å². The molecule has 3 rings (SSSR count). The van der Waals surface area contributed by atoms with E-state index in [2.05, 4.69) is 22.3 Å². The van der Waals surface area contributed by atoms with Crippen LogP contribution in [0.25, 0.3) is 0 Å². The summed E-state index contributed by atoms with van der Waals surface area (Å²) < 4.78 is 5.46. The molecule has 1 atom stereocenters. The number of hydrogen-bond donors (Lipinski definition) is 1. The van der Waals surface area contributed by atoms with Gasteiger partial charge in [0.25, 0.3) is 0 Å². The summed E-state index contributed by atoms with van der Waals surface area (Å²) in [6.07, 6.45) is 3.83. The highest BCUT2D eigenvalue weighted by atomic mass is 16.5. The Hall–Kier alpha value is -2.14. The van der Waals surface area contributed by atoms with Crippen molar-refractivity contribution < 1.29 is 9.53 Å². The molecule has 5 nitrogen and oxygen atoms in total. The van der Waals surface area contributed by atoms with Crippen LogP contribution in [0.3, 0.4) is 0 Å². The van der Waals surface area contributed by atoms with Crippen LogP contribution < -0.4 is 0 Å². The average Bonchev–Trinajstić information content (AvgIpc) is 3.22. The van der Waals surface area contributed by atoms with Crippen LogP contribution in [-0.4, -0.2) is 46.8 Å². The van der Waals surface area contributed by atoms with Gasteiger partial charge in [-0.25, -0.2) is 0 Å². The molecule has 5 heteroatoms. The van der Waals surface area contributed by atoms with Gasteiger partial charge in [0.2, 0.25) is 5.91 Å². The molecule has 22 heavy (non-hydrogen) atoms. The van der Waals surface area contributed by atoms with E-state index in [9.17, 15) is 4.79 Å². The molecule has 0 unspecified atom stereocenters. The molecule has 0 radical (unpaired) electrons. The zero-order valence-electron chi connectivity index (χ0n) is 12.6. The molecule has 2 heterocycles. The SMILES string of the molecule is O=C(Cc1ccn[nH]1)N(CCc1ccccc1)[C@H]1CCOC1. The number of H-pyrrole nitrogens is 1. The van der Waals surface area contributed by atoms with Gasteiger partial charge in [0.05, 0.1) is 19.1 Å². The van der Waals surface area contributed by atoms with Gasteiger partial charge in [-0.2, -0.15) is 5.10 Å². The van der Waals surface area contributed by atoms with E-state index in [1.165, 1.54) is 5.56 Å². The number of aromatic nitrogens is 2. The fourth-order valence-corrected chi connectivity index (χ4v) is 2.82. The van der Waals surface area contributed by atoms with Crippen molar-refractivity contribution in [2.24, 2.45) is 0 Å². The van der Waals surface area contributed by atoms with Crippen molar-refractivity contribution in [2.75, 3.05) is 19.8 Å². The molecular formula is C17H21N3O2. The summed E-state index contributed by atoms with van der Waals surface area (Å²) in [4.78, 5) is 14.6. The first-order chi connectivity index (χ1) is 10.8. The van der Waals surface area contributed by atoms with Gasteiger partial charge in [-0.15, -0.1) is 0 Å². The van der Waals surface area contributed by atoms with Crippen LogP contribution in [0.4, 0.5) is 0 Å². The first-order valence-corrected chi connectivity index (χ1v) is 7.72. The number of nitrogens with zero attached hydrogens (tertiary/aromatic N) is 2. The molecule has 0 bridgehead atoms. The van der Waals surface area contributed by atoms with Crippen LogP contribution >= 0.6 is 0 Å². The number of amides is 1. The van der Waals surface area contributed by atoms with E-state index < -0.39 is 0 Å². The lowest BCUT2D eigenvalue weighted by molar-refractivity contribution is -0.132. The summed E-state index contributed by atoms with van der Waals surface area (Å²) in [5.41, 5.74) is 2.11. The van der Waals surface area contributed by atoms with Gasteiger partial charge in [-0.05, 0) is 24.5 Å². The highest BCUT2D eigenvalue weighted by molar-refractivity contribution is 5.78. The number of aromatic amines is 1. The molecule has 1 fully saturated rings. The second kappa shape index (κ2) is 7.22. The van der Waals surface area contributed by atoms with Crippen molar-refractivity contribution in [3.05, 3.63) is 53.9 Å². The van der Waals surface area contributed by atoms with Crippen LogP contribution in [-0.2, 0) is 22.4 Å². The molecule has 1 N–H and O–H groups in total. The van der Waals surface area contributed by atoms with E-state index in [1.807, 2.05) is 29.2 Å². The van der Waals surface area contributed by atoms with Crippen molar-refractivity contribution in [1.29, 1.82) is 0 Å². The maximum atomic E-state index is 12.6. The standard InChI is InChI=1S/C17H21N3O2/c21-17(12-15-6-9-18-19-15)20(16-8-11-22-13-16)10-7-14-4-2-1-3-5-14/h1-6,9,16H,7-8,10-13H2,(H,18,19)/t16-/m0/s1. The van der Waals surface area contributed by atoms with Crippen molar-refractivity contribution in [1.82, 2.24) is 15.1 Å². The number of ether oxygens (including phenoxy) is 1. The summed E-state index contributed by atoms with van der Waals surface area (Å²) in [6.45, 7) is 2.11. The second-order valence-corrected chi connectivity index (χ2v) is 5.60. The number of carbonyl (C=O) groups is 1. The second-order valence-electron chi connectivity index (χ2n) is 5.60. The Bertz CT molecular complexity index is 577. The van der Waals surface area contributed by atoms with E-state index in [-0.39, 0.29) is 11.9 Å². The monoisotopic (exact) mass is 299 g/mol. The Morgan fingerprint density at radius 3 is 2.86 bits per heavy atom. The molecule has 1 aliphatic rings. The lowest BCUT2D eigenvalue weighted by Crippen LogP contribution is -2.42. The summed E-state index contributed by atoms with van der Waals surface area (Å²) in [6, 6.07) is 12.3. The molecular weight excluding hydrogens is 278 g/mol. The van der Waals surface area contributed by atoms with Crippen molar-refractivity contribution in [2.45, 2.75) is 25.3 Å². The van der Waals surface area contributed by atoms with Gasteiger partial charge >= 0.3 is 0 Å². The fraction of sp³-hybridized carbons (Fsp3) is 0.412. The van der Waals surface area contributed by atoms with Crippen LogP contribution in [0, 0.1) is 0 Å². The molecule has 116 valence electrons. The Morgan fingerprint density at radius 1 is 1.32 bits per heavy atom. The largest absolute Gasteiger partial charge is 0.379 e. The predicted molar refractivity (Wildman–Crippen MR) is 83.4 cm³/mol. The Morgan fingerprint density at radius 2 is 2.18 bits per heavy atom. The third-order valence-corrected chi connectivity index (χ3v) is 4.05. The third-order valence-electron chi connectivity index (χ3n) is 4.05. The van der Waals surface area contributed by atoms with E-state index in [0.717, 1.165) is 31.7 Å². The number of nitrogens with one attached hydrogen (secondary N) is 1. The smallest absolute Gasteiger partial charge is 0.228 e. The third kappa shape index (κ3) is 3.74. The van der Waals surface area contributed by atoms with Crippen LogP contribution in [0.15, 0.2) is 42.6 Å². The van der Waals surface area contributed by atoms with Gasteiger partial charge < -0.3 is 9.64 Å². The predicted octanol–water partition coefficient (Wildman–Crippen LogP) is 1.81. The zero-order valence-corrected chi connectivity index (χ0v) is 12.6. The molecule has 1 aliphatic heterocycles. The fourth-order valence-electron chi connectivity index (χ4n) is 2.82. The van der Waals surface area contributed by atoms with E-state index in [1.54, 1.807) is 6.20 Å². The Labute approximate surface area is 130 Å². The number of carbonyl (C=O) groups excluding carboxylic acids is 1. The van der Waals surface area contributed by atoms with Gasteiger partial charge in [-0.1, -0.05) is 30.3 Å². The lowest BCUT2D eigenvalue weighted by Gasteiger charge is -2.28. The van der Waals surface area contributed by atoms with Crippen LogP contribution in [0.2, 0.25) is 0 Å². The van der Waals surface area contributed by atoms with Crippen LogP contribution in [0.5, 0.6) is 0 Å². The maximum Gasteiger partial charge on any atom is 0.228 e. The first kappa shape index (κ1) is 14.8. The average molecular weight is 299 g/mol. The summed E-state index contributed by atoms with van der Waals surface area (Å²) in [5.74, 6) is 0.135. The molecule has 1 amide bonds. The number of benzene rings is 1. The first-order valence-electron chi connectivity index (χ1n) is 7.72. The minimum atomic E-state index is 0.135. The highest BCUT2D eigenvalue weighted by Gasteiger charge is 2.27. The topological polar surface area (TPSA) is 58.2 Å². The molecule has 0 saturated carbocycles. The minimum absolute atomic E-state index is 0.135. The molecule has 2 aromatic rings. The quantitative estimate of drug-likeness (QED) is 0.885. The van der Waals surface area contributed by atoms with E-state index in [4.69, 9.17) is 4.74 Å². The van der Waals surface area contributed by atoms with Gasteiger partial charge in [0.15, 0.2) is 0 Å². The molecule has 1 aromatic heterocycles. The maximum absolute atomic E-state index is 12.6. The molecule has 0 spiro atoms. The van der Waals surface area contributed by atoms with Crippen molar-refractivity contribution in [3.63, 3.8) is 0 Å². The summed E-state index contributed by atoms with van der Waals surface area (Å²) in [5, 5.41) is 6.76. The number of hydrogen-bond acceptors (Lipinski definition) is 3. The van der Waals surface area contributed by atoms with Gasteiger partial charge in [0.1, 0.15) is 0 Å². The van der Waals surface area contributed by atoms with E-state index >= 15 is 0 Å². The lowest BCUT2D eigenvalue weighted by atomic mass is 10.1. The molecule has 1 saturated heterocycles. The molecule has 1 aromatic carbocycles. The normalized spacial score (nSPS) is 17.5. The Kier molecular flexibility index (Phi) is 4.85. The van der Waals surface area contributed by atoms with Crippen LogP contribution in [0.1, 0.15) is 17.7 Å². The summed E-state index contributed by atoms with van der Waals surface area (Å²) in [7, 11) is 0. The van der Waals surface area contributed by atoms with Crippen molar-refractivity contribution >= 4 is 5.91 Å². The minimum Gasteiger partial charge on any atom is -0.379 e. The highest BCUT2D eigenvalue weighted by Crippen LogP contribution is 2.15. The molecule has 0 aliphatic carbocycles. The zero-order chi connectivity index (χ0) is 15.2. The Balaban J connectivity index is 1.65. The van der Waals surface area contributed by atoms with Gasteiger partial charge in [0, 0.05) is 25.0 Å². The summed E-state index contributed by atoms with van der Waals surface area (Å²) >= 11 is 0. The van der Waals surface area contributed by atoms with Crippen molar-refractivity contribution in [3.8, 4) is 0 Å². The number of rotatable bonds is 6.